The summed E-state index contributed by atoms with van der Waals surface area (Å²) in [4.78, 5) is 42.5. The monoisotopic (exact) mass is 333 g/mol. The van der Waals surface area contributed by atoms with Gasteiger partial charge in [-0.2, -0.15) is 0 Å². The predicted octanol–water partition coefficient (Wildman–Crippen LogP) is 1.07. The van der Waals surface area contributed by atoms with Crippen LogP contribution in [0.3, 0.4) is 0 Å². The smallest absolute Gasteiger partial charge is 0.455 e. The average molecular weight is 333 g/mol. The van der Waals surface area contributed by atoms with E-state index in [1.807, 2.05) is 0 Å². The van der Waals surface area contributed by atoms with Crippen LogP contribution < -0.4 is 5.73 Å². The van der Waals surface area contributed by atoms with E-state index in [0.717, 1.165) is 0 Å². The highest BCUT2D eigenvalue weighted by molar-refractivity contribution is 6.65. The second kappa shape index (κ2) is 11.5. The molecule has 0 aromatic rings. The lowest BCUT2D eigenvalue weighted by molar-refractivity contribution is -0.147. The van der Waals surface area contributed by atoms with Gasteiger partial charge in [0.25, 0.3) is 17.9 Å². The first-order valence-electron chi connectivity index (χ1n) is 6.59. The Morgan fingerprint density at radius 2 is 1.32 bits per heavy atom. The van der Waals surface area contributed by atoms with E-state index in [-0.39, 0.29) is 6.04 Å². The minimum absolute atomic E-state index is 0.228. The van der Waals surface area contributed by atoms with Crippen LogP contribution in [-0.2, 0) is 32.5 Å². The zero-order chi connectivity index (χ0) is 17.8. The number of nitrogens with two attached hydrogens (primary N) is 1. The van der Waals surface area contributed by atoms with E-state index >= 15 is 0 Å². The first kappa shape index (κ1) is 22.1. The molecule has 0 aromatic heterocycles. The van der Waals surface area contributed by atoms with Crippen molar-refractivity contribution < 1.29 is 32.5 Å². The van der Waals surface area contributed by atoms with Crippen molar-refractivity contribution in [2.75, 3.05) is 0 Å². The Hall–Kier alpha value is -2.16. The zero-order valence-electron chi connectivity index (χ0n) is 13.5. The first-order valence-corrected chi connectivity index (χ1v) is 8.52. The third kappa shape index (κ3) is 12.8. The van der Waals surface area contributed by atoms with Crippen LogP contribution in [0.15, 0.2) is 12.2 Å². The fourth-order valence-corrected chi connectivity index (χ4v) is 3.70. The summed E-state index contributed by atoms with van der Waals surface area (Å²) in [5.41, 5.74) is 4.68. The Morgan fingerprint density at radius 3 is 1.45 bits per heavy atom. The van der Waals surface area contributed by atoms with Crippen LogP contribution in [0.4, 0.5) is 0 Å². The topological polar surface area (TPSA) is 122 Å². The summed E-state index contributed by atoms with van der Waals surface area (Å²) in [6, 6.07) is 0.228. The maximum atomic E-state index is 10.9. The Bertz CT molecular complexity index is 393. The molecule has 1 amide bonds. The molecule has 0 aliphatic rings. The molecule has 0 rings (SSSR count). The van der Waals surface area contributed by atoms with Crippen LogP contribution in [0.25, 0.3) is 0 Å². The lowest BCUT2D eigenvalue weighted by atomic mass is 10.5. The molecule has 126 valence electrons. The highest BCUT2D eigenvalue weighted by Gasteiger charge is 2.50. The standard InChI is InChI=1S/C9H16O6Si.C4H7NO/c1-5-6-16(13-7(2)10,14-8(3)11)15-9(4)12;1-2-3-4(5)6/h5-6H2,1-4H3;2-3H,1H3,(H2,5,6). The normalized spacial score (nSPS) is 10.2. The second-order valence-corrected chi connectivity index (χ2v) is 6.59. The van der Waals surface area contributed by atoms with Gasteiger partial charge in [0.05, 0.1) is 6.04 Å². The van der Waals surface area contributed by atoms with Crippen molar-refractivity contribution in [3.8, 4) is 0 Å². The number of allylic oxidation sites excluding steroid dienone is 1. The van der Waals surface area contributed by atoms with Crippen LogP contribution in [0.2, 0.25) is 6.04 Å². The molecule has 0 unspecified atom stereocenters. The molecule has 0 fully saturated rings. The number of hydrogen-bond acceptors (Lipinski definition) is 7. The Labute approximate surface area is 131 Å². The summed E-state index contributed by atoms with van der Waals surface area (Å²) in [6.07, 6.45) is 3.47. The molecule has 0 heterocycles. The third-order valence-electron chi connectivity index (χ3n) is 1.78. The van der Waals surface area contributed by atoms with Crippen molar-refractivity contribution in [2.24, 2.45) is 5.73 Å². The first-order chi connectivity index (χ1) is 10.1. The Morgan fingerprint density at radius 1 is 0.955 bits per heavy atom. The third-order valence-corrected chi connectivity index (χ3v) is 4.69. The van der Waals surface area contributed by atoms with Gasteiger partial charge in [0.15, 0.2) is 0 Å². The minimum atomic E-state index is -3.53. The number of hydrogen-bond donors (Lipinski definition) is 1. The van der Waals surface area contributed by atoms with Crippen LogP contribution in [0, 0.1) is 0 Å². The van der Waals surface area contributed by atoms with E-state index in [2.05, 4.69) is 5.73 Å². The van der Waals surface area contributed by atoms with Crippen molar-refractivity contribution in [1.29, 1.82) is 0 Å². The number of primary amides is 1. The van der Waals surface area contributed by atoms with Gasteiger partial charge < -0.3 is 19.0 Å². The molecule has 0 radical (unpaired) electrons. The Balaban J connectivity index is 0. The van der Waals surface area contributed by atoms with Crippen molar-refractivity contribution in [3.05, 3.63) is 12.2 Å². The predicted molar refractivity (Wildman–Crippen MR) is 80.2 cm³/mol. The minimum Gasteiger partial charge on any atom is -0.455 e. The second-order valence-electron chi connectivity index (χ2n) is 4.12. The van der Waals surface area contributed by atoms with Crippen molar-refractivity contribution >= 4 is 32.6 Å². The summed E-state index contributed by atoms with van der Waals surface area (Å²) in [7, 11) is -3.53. The lowest BCUT2D eigenvalue weighted by Crippen LogP contribution is -2.49. The van der Waals surface area contributed by atoms with Crippen molar-refractivity contribution in [1.82, 2.24) is 0 Å². The maximum Gasteiger partial charge on any atom is 0.705 e. The van der Waals surface area contributed by atoms with Gasteiger partial charge in [-0.3, -0.25) is 19.2 Å². The molecule has 22 heavy (non-hydrogen) atoms. The summed E-state index contributed by atoms with van der Waals surface area (Å²) in [6.45, 7) is 7.06. The van der Waals surface area contributed by atoms with Gasteiger partial charge >= 0.3 is 8.80 Å². The lowest BCUT2D eigenvalue weighted by Gasteiger charge is -2.25. The van der Waals surface area contributed by atoms with E-state index in [1.165, 1.54) is 26.8 Å². The number of carbonyl (C=O) groups is 4. The van der Waals surface area contributed by atoms with Crippen LogP contribution in [0.5, 0.6) is 0 Å². The highest BCUT2D eigenvalue weighted by Crippen LogP contribution is 2.18. The van der Waals surface area contributed by atoms with Crippen LogP contribution in [0.1, 0.15) is 41.0 Å². The number of rotatable bonds is 6. The Kier molecular flexibility index (Phi) is 11.6. The van der Waals surface area contributed by atoms with Crippen molar-refractivity contribution in [3.63, 3.8) is 0 Å². The molecule has 0 atom stereocenters. The van der Waals surface area contributed by atoms with E-state index in [9.17, 15) is 19.2 Å². The fraction of sp³-hybridized carbons (Fsp3) is 0.538. The van der Waals surface area contributed by atoms with Gasteiger partial charge in [0.2, 0.25) is 5.91 Å². The van der Waals surface area contributed by atoms with Gasteiger partial charge in [0, 0.05) is 20.8 Å². The zero-order valence-corrected chi connectivity index (χ0v) is 14.5. The van der Waals surface area contributed by atoms with Gasteiger partial charge in [0.1, 0.15) is 0 Å². The summed E-state index contributed by atoms with van der Waals surface area (Å²) < 4.78 is 14.7. The van der Waals surface area contributed by atoms with Gasteiger partial charge in [-0.1, -0.05) is 13.0 Å². The molecule has 9 heteroatoms. The molecule has 0 aromatic carbocycles. The summed E-state index contributed by atoms with van der Waals surface area (Å²) in [5, 5.41) is 0. The number of carbonyl (C=O) groups excluding carboxylic acids is 4. The highest BCUT2D eigenvalue weighted by atomic mass is 28.4. The number of amides is 1. The van der Waals surface area contributed by atoms with E-state index in [1.54, 1.807) is 19.9 Å². The maximum absolute atomic E-state index is 10.9. The van der Waals surface area contributed by atoms with Crippen LogP contribution in [-0.4, -0.2) is 32.6 Å². The van der Waals surface area contributed by atoms with Gasteiger partial charge in [-0.15, -0.1) is 0 Å². The van der Waals surface area contributed by atoms with E-state index in [4.69, 9.17) is 13.3 Å². The molecule has 0 saturated heterocycles. The summed E-state index contributed by atoms with van der Waals surface area (Å²) >= 11 is 0. The van der Waals surface area contributed by atoms with Crippen LogP contribution >= 0.6 is 0 Å². The molecule has 0 saturated carbocycles. The molecule has 0 aliphatic carbocycles. The fourth-order valence-electron chi connectivity index (χ4n) is 1.34. The molecular weight excluding hydrogens is 310 g/mol. The van der Waals surface area contributed by atoms with E-state index in [0.29, 0.717) is 6.42 Å². The molecule has 2 N–H and O–H groups in total. The quantitative estimate of drug-likeness (QED) is 0.570. The molecule has 0 spiro atoms. The van der Waals surface area contributed by atoms with Crippen molar-refractivity contribution in [2.45, 2.75) is 47.1 Å². The van der Waals surface area contributed by atoms with E-state index < -0.39 is 32.6 Å². The largest absolute Gasteiger partial charge is 0.705 e. The van der Waals surface area contributed by atoms with Gasteiger partial charge in [-0.05, 0) is 19.4 Å². The molecular formula is C13H23NO7Si. The average Bonchev–Trinajstić information content (AvgIpc) is 2.25. The van der Waals surface area contributed by atoms with Gasteiger partial charge in [-0.25, -0.2) is 0 Å². The molecule has 0 bridgehead atoms. The molecule has 8 nitrogen and oxygen atoms in total. The molecule has 0 aliphatic heterocycles. The summed E-state index contributed by atoms with van der Waals surface area (Å²) in [5.74, 6) is -2.30. The SMILES string of the molecule is CC=CC(N)=O.CCC[Si](OC(C)=O)(OC(C)=O)OC(C)=O.